The fourth-order valence-electron chi connectivity index (χ4n) is 3.47. The summed E-state index contributed by atoms with van der Waals surface area (Å²) < 4.78 is 5.51. The Balaban J connectivity index is 1.40. The lowest BCUT2D eigenvalue weighted by Gasteiger charge is -2.32. The van der Waals surface area contributed by atoms with Gasteiger partial charge in [0.2, 0.25) is 0 Å². The smallest absolute Gasteiger partial charge is 0.307 e. The largest absolute Gasteiger partial charge is 0.484 e. The van der Waals surface area contributed by atoms with Crippen molar-refractivity contribution in [2.45, 2.75) is 31.8 Å². The summed E-state index contributed by atoms with van der Waals surface area (Å²) in [6, 6.07) is 12.6. The Morgan fingerprint density at radius 1 is 1.07 bits per heavy atom. The number of piperidine rings is 1. The SMILES string of the molecule is O=C(O)Cc1cccc(OCC(=O)NC2CCN(Cc3ccc(Cl)c(Cl)c3)CC2)c1. The molecule has 1 aliphatic rings. The summed E-state index contributed by atoms with van der Waals surface area (Å²) in [5, 5.41) is 13.0. The van der Waals surface area contributed by atoms with E-state index in [1.54, 1.807) is 24.3 Å². The molecule has 0 spiro atoms. The Hall–Kier alpha value is -2.28. The third-order valence-electron chi connectivity index (χ3n) is 4.97. The third-order valence-corrected chi connectivity index (χ3v) is 5.71. The van der Waals surface area contributed by atoms with Crippen LogP contribution < -0.4 is 10.1 Å². The molecule has 0 saturated carbocycles. The molecule has 0 aromatic heterocycles. The zero-order valence-electron chi connectivity index (χ0n) is 16.4. The summed E-state index contributed by atoms with van der Waals surface area (Å²) in [5.74, 6) is -0.600. The Kier molecular flexibility index (Phi) is 7.96. The number of carbonyl (C=O) groups is 2. The number of carbonyl (C=O) groups excluding carboxylic acids is 1. The van der Waals surface area contributed by atoms with Gasteiger partial charge in [0.15, 0.2) is 6.61 Å². The lowest BCUT2D eigenvalue weighted by atomic mass is 10.0. The highest BCUT2D eigenvalue weighted by Crippen LogP contribution is 2.24. The van der Waals surface area contributed by atoms with Gasteiger partial charge in [0.25, 0.3) is 5.91 Å². The fourth-order valence-corrected chi connectivity index (χ4v) is 3.79. The second-order valence-electron chi connectivity index (χ2n) is 7.37. The first-order valence-corrected chi connectivity index (χ1v) is 10.5. The van der Waals surface area contributed by atoms with Crippen LogP contribution in [0.4, 0.5) is 0 Å². The van der Waals surface area contributed by atoms with Crippen LogP contribution in [0.25, 0.3) is 0 Å². The molecule has 0 aliphatic carbocycles. The van der Waals surface area contributed by atoms with E-state index in [0.717, 1.165) is 38.0 Å². The number of carboxylic acids is 1. The molecule has 1 fully saturated rings. The van der Waals surface area contributed by atoms with Crippen molar-refractivity contribution in [2.24, 2.45) is 0 Å². The Bertz CT molecular complexity index is 898. The highest BCUT2D eigenvalue weighted by Gasteiger charge is 2.21. The van der Waals surface area contributed by atoms with Gasteiger partial charge in [0.1, 0.15) is 5.75 Å². The van der Waals surface area contributed by atoms with Gasteiger partial charge >= 0.3 is 5.97 Å². The van der Waals surface area contributed by atoms with Gasteiger partial charge in [-0.25, -0.2) is 0 Å². The van der Waals surface area contributed by atoms with Crippen LogP contribution in [0.3, 0.4) is 0 Å². The number of nitrogens with zero attached hydrogens (tertiary/aromatic N) is 1. The van der Waals surface area contributed by atoms with Gasteiger partial charge < -0.3 is 15.2 Å². The highest BCUT2D eigenvalue weighted by molar-refractivity contribution is 6.42. The number of hydrogen-bond acceptors (Lipinski definition) is 4. The minimum Gasteiger partial charge on any atom is -0.484 e. The van der Waals surface area contributed by atoms with Gasteiger partial charge in [0, 0.05) is 25.7 Å². The van der Waals surface area contributed by atoms with Gasteiger partial charge in [0.05, 0.1) is 16.5 Å². The van der Waals surface area contributed by atoms with Gasteiger partial charge in [-0.3, -0.25) is 14.5 Å². The first kappa shape index (κ1) is 22.4. The molecule has 0 radical (unpaired) electrons. The maximum absolute atomic E-state index is 12.2. The molecule has 8 heteroatoms. The van der Waals surface area contributed by atoms with Crippen LogP contribution in [0.1, 0.15) is 24.0 Å². The molecular weight excluding hydrogens is 427 g/mol. The van der Waals surface area contributed by atoms with Gasteiger partial charge in [-0.05, 0) is 48.2 Å². The number of hydrogen-bond donors (Lipinski definition) is 2. The molecule has 2 N–H and O–H groups in total. The summed E-state index contributed by atoms with van der Waals surface area (Å²) in [6.07, 6.45) is 1.65. The molecule has 1 amide bonds. The first-order chi connectivity index (χ1) is 14.4. The number of amides is 1. The molecule has 0 bridgehead atoms. The number of carboxylic acid groups (broad SMARTS) is 1. The summed E-state index contributed by atoms with van der Waals surface area (Å²) in [7, 11) is 0. The third kappa shape index (κ3) is 6.90. The zero-order chi connectivity index (χ0) is 21.5. The summed E-state index contributed by atoms with van der Waals surface area (Å²) in [5.41, 5.74) is 1.75. The molecule has 0 unspecified atom stereocenters. The van der Waals surface area contributed by atoms with Crippen molar-refractivity contribution >= 4 is 35.1 Å². The molecule has 0 atom stereocenters. The maximum atomic E-state index is 12.2. The summed E-state index contributed by atoms with van der Waals surface area (Å²) in [4.78, 5) is 25.3. The molecule has 1 aliphatic heterocycles. The van der Waals surface area contributed by atoms with Crippen LogP contribution in [0.5, 0.6) is 5.75 Å². The molecule has 3 rings (SSSR count). The average molecular weight is 451 g/mol. The van der Waals surface area contributed by atoms with Crippen LogP contribution in [-0.4, -0.2) is 47.6 Å². The van der Waals surface area contributed by atoms with Crippen LogP contribution in [0.15, 0.2) is 42.5 Å². The topological polar surface area (TPSA) is 78.9 Å². The van der Waals surface area contributed by atoms with Crippen molar-refractivity contribution in [3.8, 4) is 5.75 Å². The molecular formula is C22H24Cl2N2O4. The van der Waals surface area contributed by atoms with Crippen molar-refractivity contribution in [2.75, 3.05) is 19.7 Å². The summed E-state index contributed by atoms with van der Waals surface area (Å²) in [6.45, 7) is 2.46. The zero-order valence-corrected chi connectivity index (χ0v) is 18.0. The molecule has 6 nitrogen and oxygen atoms in total. The van der Waals surface area contributed by atoms with Crippen molar-refractivity contribution < 1.29 is 19.4 Å². The van der Waals surface area contributed by atoms with Crippen LogP contribution in [-0.2, 0) is 22.6 Å². The Morgan fingerprint density at radius 3 is 2.53 bits per heavy atom. The van der Waals surface area contributed by atoms with Crippen LogP contribution in [0.2, 0.25) is 10.0 Å². The minimum atomic E-state index is -0.907. The molecule has 1 saturated heterocycles. The minimum absolute atomic E-state index is 0.0792. The fraction of sp³-hybridized carbons (Fsp3) is 0.364. The number of rotatable bonds is 8. The van der Waals surface area contributed by atoms with E-state index in [-0.39, 0.29) is 25.0 Å². The van der Waals surface area contributed by atoms with Crippen molar-refractivity contribution in [3.63, 3.8) is 0 Å². The van der Waals surface area contributed by atoms with Gasteiger partial charge in [-0.2, -0.15) is 0 Å². The van der Waals surface area contributed by atoms with E-state index in [1.165, 1.54) is 0 Å². The average Bonchev–Trinajstić information content (AvgIpc) is 2.70. The predicted octanol–water partition coefficient (Wildman–Crippen LogP) is 3.78. The summed E-state index contributed by atoms with van der Waals surface area (Å²) >= 11 is 12.0. The number of benzene rings is 2. The standard InChI is InChI=1S/C22H24Cl2N2O4/c23-19-5-4-16(11-20(19)24)13-26-8-6-17(7-9-26)25-21(27)14-30-18-3-1-2-15(10-18)12-22(28)29/h1-5,10-11,17H,6-9,12-14H2,(H,25,27)(H,28,29). The predicted molar refractivity (Wildman–Crippen MR) is 116 cm³/mol. The number of nitrogens with one attached hydrogen (secondary N) is 1. The van der Waals surface area contributed by atoms with E-state index in [9.17, 15) is 9.59 Å². The lowest BCUT2D eigenvalue weighted by Crippen LogP contribution is -2.45. The van der Waals surface area contributed by atoms with E-state index in [2.05, 4.69) is 10.2 Å². The number of aliphatic carboxylic acids is 1. The first-order valence-electron chi connectivity index (χ1n) is 9.78. The second kappa shape index (κ2) is 10.7. The quantitative estimate of drug-likeness (QED) is 0.639. The highest BCUT2D eigenvalue weighted by atomic mass is 35.5. The van der Waals surface area contributed by atoms with Crippen LogP contribution >= 0.6 is 23.2 Å². The van der Waals surface area contributed by atoms with Gasteiger partial charge in [-0.15, -0.1) is 0 Å². The van der Waals surface area contributed by atoms with E-state index in [1.807, 2.05) is 18.2 Å². The molecule has 160 valence electrons. The van der Waals surface area contributed by atoms with Crippen molar-refractivity contribution in [3.05, 3.63) is 63.6 Å². The van der Waals surface area contributed by atoms with E-state index in [0.29, 0.717) is 21.4 Å². The van der Waals surface area contributed by atoms with Crippen molar-refractivity contribution in [1.29, 1.82) is 0 Å². The van der Waals surface area contributed by atoms with E-state index < -0.39 is 5.97 Å². The Labute approximate surface area is 185 Å². The lowest BCUT2D eigenvalue weighted by molar-refractivity contribution is -0.136. The molecule has 2 aromatic carbocycles. The Morgan fingerprint density at radius 2 is 1.83 bits per heavy atom. The normalized spacial score (nSPS) is 15.0. The monoisotopic (exact) mass is 450 g/mol. The maximum Gasteiger partial charge on any atom is 0.307 e. The van der Waals surface area contributed by atoms with Crippen molar-refractivity contribution in [1.82, 2.24) is 10.2 Å². The number of halogens is 2. The molecule has 1 heterocycles. The number of ether oxygens (including phenoxy) is 1. The molecule has 30 heavy (non-hydrogen) atoms. The number of likely N-dealkylation sites (tertiary alicyclic amines) is 1. The van der Waals surface area contributed by atoms with Gasteiger partial charge in [-0.1, -0.05) is 41.4 Å². The second-order valence-corrected chi connectivity index (χ2v) is 8.19. The van der Waals surface area contributed by atoms with E-state index in [4.69, 9.17) is 33.0 Å². The van der Waals surface area contributed by atoms with Crippen LogP contribution in [0, 0.1) is 0 Å². The molecule has 2 aromatic rings. The van der Waals surface area contributed by atoms with E-state index >= 15 is 0 Å².